The van der Waals surface area contributed by atoms with Gasteiger partial charge in [-0.3, -0.25) is 4.79 Å². The molecule has 1 atom stereocenters. The molecule has 0 unspecified atom stereocenters. The van der Waals surface area contributed by atoms with Crippen LogP contribution in [0.4, 0.5) is 0 Å². The van der Waals surface area contributed by atoms with E-state index in [4.69, 9.17) is 4.42 Å². The van der Waals surface area contributed by atoms with Gasteiger partial charge in [0.1, 0.15) is 0 Å². The first-order chi connectivity index (χ1) is 14.6. The first kappa shape index (κ1) is 20.0. The van der Waals surface area contributed by atoms with Crippen molar-refractivity contribution < 1.29 is 9.21 Å². The number of carbonyl (C=O) groups is 1. The van der Waals surface area contributed by atoms with Gasteiger partial charge >= 0.3 is 0 Å². The minimum atomic E-state index is -0.354. The first-order valence-corrected chi connectivity index (χ1v) is 10.5. The van der Waals surface area contributed by atoms with E-state index in [1.807, 2.05) is 85.3 Å². The summed E-state index contributed by atoms with van der Waals surface area (Å²) in [5.41, 5.74) is 2.07. The van der Waals surface area contributed by atoms with E-state index in [9.17, 15) is 4.79 Å². The van der Waals surface area contributed by atoms with Crippen molar-refractivity contribution in [3.63, 3.8) is 0 Å². The molecule has 0 saturated carbocycles. The Balaban J connectivity index is 1.51. The molecule has 1 N–H and O–H groups in total. The largest absolute Gasteiger partial charge is 0.461 e. The molecule has 2 heterocycles. The van der Waals surface area contributed by atoms with Crippen LogP contribution in [0.3, 0.4) is 0 Å². The van der Waals surface area contributed by atoms with Gasteiger partial charge in [-0.25, -0.2) is 0 Å². The summed E-state index contributed by atoms with van der Waals surface area (Å²) in [4.78, 5) is 13.0. The number of benzene rings is 2. The zero-order valence-corrected chi connectivity index (χ0v) is 17.5. The maximum Gasteiger partial charge on any atom is 0.234 e. The third-order valence-electron chi connectivity index (χ3n) is 4.78. The Bertz CT molecular complexity index is 1060. The minimum Gasteiger partial charge on any atom is -0.461 e. The van der Waals surface area contributed by atoms with Gasteiger partial charge in [0.05, 0.1) is 17.6 Å². The van der Waals surface area contributed by atoms with E-state index >= 15 is 0 Å². The number of hydrogen-bond acceptors (Lipinski definition) is 5. The molecule has 0 bridgehead atoms. The van der Waals surface area contributed by atoms with Crippen LogP contribution in [0.2, 0.25) is 0 Å². The smallest absolute Gasteiger partial charge is 0.234 e. The van der Waals surface area contributed by atoms with Crippen molar-refractivity contribution in [2.45, 2.75) is 23.4 Å². The predicted octanol–water partition coefficient (Wildman–Crippen LogP) is 4.46. The van der Waals surface area contributed by atoms with Crippen LogP contribution >= 0.6 is 11.8 Å². The molecule has 152 valence electrons. The van der Waals surface area contributed by atoms with E-state index in [0.29, 0.717) is 16.7 Å². The third-order valence-corrected chi connectivity index (χ3v) is 5.91. The number of thioether (sulfide) groups is 1. The summed E-state index contributed by atoms with van der Waals surface area (Å²) >= 11 is 1.36. The summed E-state index contributed by atoms with van der Waals surface area (Å²) < 4.78 is 7.24. The number of carbonyl (C=O) groups excluding carboxylic acids is 1. The summed E-state index contributed by atoms with van der Waals surface area (Å²) in [5, 5.41) is 11.9. The van der Waals surface area contributed by atoms with Gasteiger partial charge in [-0.05, 0) is 30.2 Å². The van der Waals surface area contributed by atoms with Crippen molar-refractivity contribution >= 4 is 17.7 Å². The molecule has 0 saturated heterocycles. The Kier molecular flexibility index (Phi) is 5.99. The van der Waals surface area contributed by atoms with E-state index in [0.717, 1.165) is 11.1 Å². The summed E-state index contributed by atoms with van der Waals surface area (Å²) in [6.45, 7) is 1.87. The van der Waals surface area contributed by atoms with Gasteiger partial charge in [-0.15, -0.1) is 10.2 Å². The Hall–Kier alpha value is -3.32. The number of furan rings is 1. The molecule has 0 fully saturated rings. The summed E-state index contributed by atoms with van der Waals surface area (Å²) in [7, 11) is 1.86. The molecule has 0 radical (unpaired) electrons. The van der Waals surface area contributed by atoms with Gasteiger partial charge < -0.3 is 14.3 Å². The van der Waals surface area contributed by atoms with E-state index in [2.05, 4.69) is 15.5 Å². The third kappa shape index (κ3) is 4.31. The molecule has 7 heteroatoms. The molecule has 4 rings (SSSR count). The van der Waals surface area contributed by atoms with Crippen molar-refractivity contribution in [1.29, 1.82) is 0 Å². The highest BCUT2D eigenvalue weighted by atomic mass is 32.2. The van der Waals surface area contributed by atoms with Gasteiger partial charge in [-0.1, -0.05) is 72.4 Å². The lowest BCUT2D eigenvalue weighted by molar-refractivity contribution is -0.120. The second-order valence-electron chi connectivity index (χ2n) is 6.87. The second kappa shape index (κ2) is 9.00. The van der Waals surface area contributed by atoms with Crippen molar-refractivity contribution in [1.82, 2.24) is 20.1 Å². The molecule has 30 heavy (non-hydrogen) atoms. The average Bonchev–Trinajstić information content (AvgIpc) is 3.43. The summed E-state index contributed by atoms with van der Waals surface area (Å²) in [5.74, 6) is 1.20. The van der Waals surface area contributed by atoms with E-state index < -0.39 is 0 Å². The fourth-order valence-corrected chi connectivity index (χ4v) is 3.98. The molecule has 4 aromatic rings. The molecule has 0 aliphatic heterocycles. The molecule has 0 aliphatic rings. The molecular formula is C23H22N4O2S. The van der Waals surface area contributed by atoms with Gasteiger partial charge in [0.25, 0.3) is 0 Å². The van der Waals surface area contributed by atoms with Gasteiger partial charge in [-0.2, -0.15) is 0 Å². The Labute approximate surface area is 179 Å². The van der Waals surface area contributed by atoms with Crippen molar-refractivity contribution in [3.05, 3.63) is 90.2 Å². The van der Waals surface area contributed by atoms with Gasteiger partial charge in [0.15, 0.2) is 16.7 Å². The van der Waals surface area contributed by atoms with Crippen LogP contribution in [-0.2, 0) is 11.8 Å². The minimum absolute atomic E-state index is 0.0692. The zero-order valence-electron chi connectivity index (χ0n) is 16.7. The first-order valence-electron chi connectivity index (χ1n) is 9.63. The van der Waals surface area contributed by atoms with Gasteiger partial charge in [0.2, 0.25) is 5.91 Å². The summed E-state index contributed by atoms with van der Waals surface area (Å²) in [6, 6.07) is 23.4. The molecule has 6 nitrogen and oxygen atoms in total. The lowest BCUT2D eigenvalue weighted by Crippen LogP contribution is -2.35. The number of nitrogens with zero attached hydrogens (tertiary/aromatic N) is 3. The monoisotopic (exact) mass is 418 g/mol. The molecule has 2 aromatic carbocycles. The van der Waals surface area contributed by atoms with Crippen molar-refractivity contribution in [2.24, 2.45) is 7.05 Å². The predicted molar refractivity (Wildman–Crippen MR) is 117 cm³/mol. The maximum absolute atomic E-state index is 13.0. The highest BCUT2D eigenvalue weighted by Gasteiger charge is 2.23. The van der Waals surface area contributed by atoms with Crippen LogP contribution < -0.4 is 5.32 Å². The van der Waals surface area contributed by atoms with Crippen LogP contribution in [0.5, 0.6) is 0 Å². The van der Waals surface area contributed by atoms with Crippen LogP contribution in [-0.4, -0.2) is 25.9 Å². The van der Waals surface area contributed by atoms with Crippen molar-refractivity contribution in [2.75, 3.05) is 0 Å². The average molecular weight is 419 g/mol. The Morgan fingerprint density at radius 3 is 2.17 bits per heavy atom. The van der Waals surface area contributed by atoms with Crippen molar-refractivity contribution in [3.8, 4) is 11.6 Å². The van der Waals surface area contributed by atoms with Crippen LogP contribution in [0.1, 0.15) is 24.1 Å². The topological polar surface area (TPSA) is 73.0 Å². The fourth-order valence-electron chi connectivity index (χ4n) is 3.16. The maximum atomic E-state index is 13.0. The van der Waals surface area contributed by atoms with Crippen LogP contribution in [0, 0.1) is 0 Å². The molecule has 0 aliphatic carbocycles. The number of amides is 1. The number of aromatic nitrogens is 3. The van der Waals surface area contributed by atoms with E-state index in [-0.39, 0.29) is 17.2 Å². The van der Waals surface area contributed by atoms with Gasteiger partial charge in [0, 0.05) is 7.05 Å². The zero-order chi connectivity index (χ0) is 20.9. The van der Waals surface area contributed by atoms with E-state index in [1.165, 1.54) is 11.8 Å². The standard InChI is InChI=1S/C23H22N4O2S/c1-16(30-23-26-25-21(27(23)2)19-14-9-15-29-19)22(28)24-20(17-10-5-3-6-11-17)18-12-7-4-8-13-18/h3-16,20H,1-2H3,(H,24,28)/t16-/m0/s1. The SMILES string of the molecule is C[C@H](Sc1nnc(-c2ccco2)n1C)C(=O)NC(c1ccccc1)c1ccccc1. The van der Waals surface area contributed by atoms with E-state index in [1.54, 1.807) is 12.3 Å². The number of rotatable bonds is 7. The molecule has 1 amide bonds. The Morgan fingerprint density at radius 1 is 0.967 bits per heavy atom. The molecular weight excluding hydrogens is 396 g/mol. The lowest BCUT2D eigenvalue weighted by Gasteiger charge is -2.22. The second-order valence-corrected chi connectivity index (χ2v) is 8.17. The quantitative estimate of drug-likeness (QED) is 0.449. The lowest BCUT2D eigenvalue weighted by atomic mass is 9.98. The number of nitrogens with one attached hydrogen (secondary N) is 1. The highest BCUT2D eigenvalue weighted by Crippen LogP contribution is 2.27. The Morgan fingerprint density at radius 2 is 1.60 bits per heavy atom. The molecule has 2 aromatic heterocycles. The fraction of sp³-hybridized carbons (Fsp3) is 0.174. The van der Waals surface area contributed by atoms with Crippen LogP contribution in [0.25, 0.3) is 11.6 Å². The van der Waals surface area contributed by atoms with Crippen LogP contribution in [0.15, 0.2) is 88.6 Å². The normalized spacial score (nSPS) is 12.1. The molecule has 0 spiro atoms. The highest BCUT2D eigenvalue weighted by molar-refractivity contribution is 8.00. The summed E-state index contributed by atoms with van der Waals surface area (Å²) in [6.07, 6.45) is 1.60. The number of hydrogen-bond donors (Lipinski definition) is 1.